The second-order valence-corrected chi connectivity index (χ2v) is 11.2. The van der Waals surface area contributed by atoms with E-state index in [2.05, 4.69) is 5.32 Å². The number of carbonyl (C=O) groups excluding carboxylic acids is 3. The minimum absolute atomic E-state index is 0.0537. The first kappa shape index (κ1) is 35.7. The first-order chi connectivity index (χ1) is 24.3. The van der Waals surface area contributed by atoms with Gasteiger partial charge in [-0.3, -0.25) is 9.59 Å². The summed E-state index contributed by atoms with van der Waals surface area (Å²) in [5.74, 6) is -0.420. The summed E-state index contributed by atoms with van der Waals surface area (Å²) in [6, 6.07) is 18.9. The molecular formula is C37H40N2O11. The Labute approximate surface area is 289 Å². The molecule has 264 valence electrons. The molecule has 1 N–H and O–H groups in total. The van der Waals surface area contributed by atoms with Gasteiger partial charge in [0.25, 0.3) is 5.91 Å². The molecule has 0 bridgehead atoms. The minimum Gasteiger partial charge on any atom is -0.493 e. The number of nitrogens with zero attached hydrogens (tertiary/aromatic N) is 1. The molecule has 0 aliphatic carbocycles. The van der Waals surface area contributed by atoms with Crippen LogP contribution in [-0.4, -0.2) is 88.6 Å². The van der Waals surface area contributed by atoms with Crippen molar-refractivity contribution >= 4 is 28.8 Å². The van der Waals surface area contributed by atoms with E-state index in [0.29, 0.717) is 37.4 Å². The Hall–Kier alpha value is -5.56. The molecule has 1 unspecified atom stereocenters. The average molecular weight is 689 g/mol. The van der Waals surface area contributed by atoms with Crippen molar-refractivity contribution in [1.82, 2.24) is 10.2 Å². The van der Waals surface area contributed by atoms with E-state index in [4.69, 9.17) is 32.8 Å². The first-order valence-corrected chi connectivity index (χ1v) is 16.3. The third-order valence-electron chi connectivity index (χ3n) is 7.86. The van der Waals surface area contributed by atoms with E-state index >= 15 is 0 Å². The highest BCUT2D eigenvalue weighted by Crippen LogP contribution is 2.36. The number of nitrogens with one attached hydrogen (secondary N) is 1. The predicted octanol–water partition coefficient (Wildman–Crippen LogP) is 3.77. The summed E-state index contributed by atoms with van der Waals surface area (Å²) in [6.45, 7) is 4.44. The molecule has 1 amide bonds. The second kappa shape index (κ2) is 17.2. The standard InChI is InChI=1S/C37H40N2O11/c1-4-45-35(42)22-47-27-17-32(48-21-34(41)39-14-13-38-20-26(39)15-24-9-7-6-8-10-24)37-28(40)19-30(50-33(37)18-27)25-11-12-29(44-3)31(16-25)49-23-36(43)46-5-2/h6-12,16-19,26,38H,4-5,13-15,20-23H2,1-3H3. The molecule has 0 spiro atoms. The zero-order chi connectivity index (χ0) is 35.5. The fourth-order valence-electron chi connectivity index (χ4n) is 5.58. The highest BCUT2D eigenvalue weighted by atomic mass is 16.6. The molecule has 0 saturated carbocycles. The quantitative estimate of drug-likeness (QED) is 0.181. The number of rotatable bonds is 15. The Bertz CT molecular complexity index is 1860. The summed E-state index contributed by atoms with van der Waals surface area (Å²) in [6.07, 6.45) is 0.674. The van der Waals surface area contributed by atoms with Gasteiger partial charge in [-0.1, -0.05) is 30.3 Å². The van der Waals surface area contributed by atoms with Gasteiger partial charge < -0.3 is 43.1 Å². The van der Waals surface area contributed by atoms with Gasteiger partial charge in [0.2, 0.25) is 0 Å². The van der Waals surface area contributed by atoms with E-state index < -0.39 is 24.0 Å². The van der Waals surface area contributed by atoms with Crippen molar-refractivity contribution < 1.29 is 47.2 Å². The number of piperazine rings is 1. The minimum atomic E-state index is -0.586. The highest BCUT2D eigenvalue weighted by Gasteiger charge is 2.27. The largest absolute Gasteiger partial charge is 0.493 e. The lowest BCUT2D eigenvalue weighted by Gasteiger charge is -2.36. The van der Waals surface area contributed by atoms with Crippen LogP contribution in [0.4, 0.5) is 0 Å². The molecule has 5 rings (SSSR count). The summed E-state index contributed by atoms with van der Waals surface area (Å²) in [5.41, 5.74) is 1.20. The van der Waals surface area contributed by atoms with Crippen molar-refractivity contribution in [1.29, 1.82) is 0 Å². The van der Waals surface area contributed by atoms with Crippen LogP contribution in [0, 0.1) is 0 Å². The second-order valence-electron chi connectivity index (χ2n) is 11.2. The van der Waals surface area contributed by atoms with Crippen LogP contribution in [0.25, 0.3) is 22.3 Å². The van der Waals surface area contributed by atoms with Gasteiger partial charge >= 0.3 is 11.9 Å². The van der Waals surface area contributed by atoms with Crippen LogP contribution >= 0.6 is 0 Å². The van der Waals surface area contributed by atoms with Crippen LogP contribution in [0.15, 0.2) is 75.9 Å². The van der Waals surface area contributed by atoms with Crippen molar-refractivity contribution in [3.63, 3.8) is 0 Å². The maximum Gasteiger partial charge on any atom is 0.344 e. The van der Waals surface area contributed by atoms with Gasteiger partial charge in [-0.25, -0.2) is 9.59 Å². The number of benzene rings is 3. The van der Waals surface area contributed by atoms with E-state index in [1.165, 1.54) is 25.3 Å². The van der Waals surface area contributed by atoms with Crippen molar-refractivity contribution in [3.05, 3.63) is 82.5 Å². The number of carbonyl (C=O) groups is 3. The molecule has 1 aliphatic rings. The van der Waals surface area contributed by atoms with Crippen molar-refractivity contribution in [2.45, 2.75) is 26.3 Å². The van der Waals surface area contributed by atoms with Crippen LogP contribution < -0.4 is 29.7 Å². The molecule has 2 heterocycles. The molecule has 0 radical (unpaired) electrons. The van der Waals surface area contributed by atoms with Crippen molar-refractivity contribution in [3.8, 4) is 34.3 Å². The fraction of sp³-hybridized carbons (Fsp3) is 0.351. The Morgan fingerprint density at radius 3 is 2.28 bits per heavy atom. The number of esters is 2. The van der Waals surface area contributed by atoms with Gasteiger partial charge in [-0.05, 0) is 44.0 Å². The molecular weight excluding hydrogens is 648 g/mol. The van der Waals surface area contributed by atoms with Crippen molar-refractivity contribution in [2.24, 2.45) is 0 Å². The zero-order valence-electron chi connectivity index (χ0n) is 28.2. The Morgan fingerprint density at radius 2 is 1.56 bits per heavy atom. The molecule has 1 aromatic heterocycles. The molecule has 4 aromatic rings. The lowest BCUT2D eigenvalue weighted by atomic mass is 10.0. The molecule has 50 heavy (non-hydrogen) atoms. The smallest absolute Gasteiger partial charge is 0.344 e. The van der Waals surface area contributed by atoms with E-state index in [0.717, 1.165) is 5.56 Å². The highest BCUT2D eigenvalue weighted by molar-refractivity contribution is 5.87. The first-order valence-electron chi connectivity index (χ1n) is 16.3. The lowest BCUT2D eigenvalue weighted by molar-refractivity contribution is -0.146. The Morgan fingerprint density at radius 1 is 0.840 bits per heavy atom. The summed E-state index contributed by atoms with van der Waals surface area (Å²) >= 11 is 0. The lowest BCUT2D eigenvalue weighted by Crippen LogP contribution is -2.55. The molecule has 3 aromatic carbocycles. The maximum atomic E-state index is 13.7. The number of ether oxygens (including phenoxy) is 6. The molecule has 13 heteroatoms. The van der Waals surface area contributed by atoms with Crippen LogP contribution in [0.2, 0.25) is 0 Å². The Kier molecular flexibility index (Phi) is 12.3. The van der Waals surface area contributed by atoms with Gasteiger partial charge in [0.1, 0.15) is 28.2 Å². The van der Waals surface area contributed by atoms with E-state index in [-0.39, 0.29) is 72.4 Å². The van der Waals surface area contributed by atoms with Gasteiger partial charge in [-0.15, -0.1) is 0 Å². The van der Waals surface area contributed by atoms with E-state index in [1.54, 1.807) is 36.9 Å². The van der Waals surface area contributed by atoms with Crippen molar-refractivity contribution in [2.75, 3.05) is 59.8 Å². The summed E-state index contributed by atoms with van der Waals surface area (Å²) in [7, 11) is 1.46. The number of hydrogen-bond donors (Lipinski definition) is 1. The van der Waals surface area contributed by atoms with Crippen LogP contribution in [-0.2, 0) is 30.3 Å². The van der Waals surface area contributed by atoms with Crippen LogP contribution in [0.1, 0.15) is 19.4 Å². The molecule has 1 atom stereocenters. The Balaban J connectivity index is 1.44. The van der Waals surface area contributed by atoms with Crippen LogP contribution in [0.3, 0.4) is 0 Å². The predicted molar refractivity (Wildman–Crippen MR) is 183 cm³/mol. The SMILES string of the molecule is CCOC(=O)COc1cc(OCC(=O)N2CCNCC2Cc2ccccc2)c2c(=O)cc(-c3ccc(OC)c(OCC(=O)OCC)c3)oc2c1. The number of amides is 1. The molecule has 1 fully saturated rings. The number of methoxy groups -OCH3 is 1. The average Bonchev–Trinajstić information content (AvgIpc) is 3.12. The van der Waals surface area contributed by atoms with E-state index in [9.17, 15) is 19.2 Å². The van der Waals surface area contributed by atoms with Gasteiger partial charge in [0, 0.05) is 49.4 Å². The molecule has 1 saturated heterocycles. The zero-order valence-corrected chi connectivity index (χ0v) is 28.2. The third-order valence-corrected chi connectivity index (χ3v) is 7.86. The molecule has 1 aliphatic heterocycles. The third kappa shape index (κ3) is 9.11. The fourth-order valence-corrected chi connectivity index (χ4v) is 5.58. The van der Waals surface area contributed by atoms with E-state index in [1.807, 2.05) is 30.3 Å². The van der Waals surface area contributed by atoms with Crippen LogP contribution in [0.5, 0.6) is 23.0 Å². The monoisotopic (exact) mass is 688 g/mol. The summed E-state index contributed by atoms with van der Waals surface area (Å²) in [4.78, 5) is 53.0. The summed E-state index contributed by atoms with van der Waals surface area (Å²) < 4.78 is 38.8. The van der Waals surface area contributed by atoms with Gasteiger partial charge in [0.15, 0.2) is 36.7 Å². The van der Waals surface area contributed by atoms with Gasteiger partial charge in [0.05, 0.1) is 20.3 Å². The summed E-state index contributed by atoms with van der Waals surface area (Å²) in [5, 5.41) is 3.43. The molecule has 13 nitrogen and oxygen atoms in total. The number of fused-ring (bicyclic) bond motifs is 1. The van der Waals surface area contributed by atoms with Gasteiger partial charge in [-0.2, -0.15) is 0 Å². The topological polar surface area (TPSA) is 152 Å². The maximum absolute atomic E-state index is 13.7. The number of hydrogen-bond acceptors (Lipinski definition) is 12. The normalized spacial score (nSPS) is 14.1.